The van der Waals surface area contributed by atoms with Crippen LogP contribution in [0, 0.1) is 0 Å². The lowest BCUT2D eigenvalue weighted by atomic mass is 10.1. The highest BCUT2D eigenvalue weighted by Gasteiger charge is 1.98. The molecule has 2 heterocycles. The number of unbranched alkanes of at least 4 members (excludes halogenated alkanes) is 1. The van der Waals surface area contributed by atoms with Gasteiger partial charge in [0.25, 0.3) is 0 Å². The molecule has 3 heteroatoms. The number of aromatic amines is 1. The number of aryl methyl sites for hydroxylation is 1. The summed E-state index contributed by atoms with van der Waals surface area (Å²) in [6.07, 6.45) is 7.15. The maximum atomic E-state index is 4.25. The zero-order chi connectivity index (χ0) is 9.10. The summed E-state index contributed by atoms with van der Waals surface area (Å²) in [7, 11) is 0. The van der Waals surface area contributed by atoms with Crippen LogP contribution in [0.3, 0.4) is 0 Å². The van der Waals surface area contributed by atoms with E-state index in [9.17, 15) is 0 Å². The Morgan fingerprint density at radius 2 is 2.31 bits per heavy atom. The van der Waals surface area contributed by atoms with Gasteiger partial charge in [0.1, 0.15) is 0 Å². The fourth-order valence-corrected chi connectivity index (χ4v) is 1.39. The van der Waals surface area contributed by atoms with Gasteiger partial charge in [-0.2, -0.15) is 0 Å². The molecule has 0 fully saturated rings. The Balaban J connectivity index is 2.26. The molecule has 0 aliphatic heterocycles. The summed E-state index contributed by atoms with van der Waals surface area (Å²) in [5, 5.41) is 0. The van der Waals surface area contributed by atoms with Crippen molar-refractivity contribution in [2.75, 3.05) is 0 Å². The SMILES string of the molecule is CCCCc1cnc2nc[nH]c2c1. The lowest BCUT2D eigenvalue weighted by molar-refractivity contribution is 0.793. The topological polar surface area (TPSA) is 41.6 Å². The van der Waals surface area contributed by atoms with E-state index < -0.39 is 0 Å². The van der Waals surface area contributed by atoms with E-state index >= 15 is 0 Å². The summed E-state index contributed by atoms with van der Waals surface area (Å²) in [5.41, 5.74) is 3.13. The van der Waals surface area contributed by atoms with Crippen LogP contribution in [0.25, 0.3) is 11.2 Å². The third kappa shape index (κ3) is 1.69. The van der Waals surface area contributed by atoms with Gasteiger partial charge in [0, 0.05) is 6.20 Å². The van der Waals surface area contributed by atoms with Crippen molar-refractivity contribution in [2.24, 2.45) is 0 Å². The van der Waals surface area contributed by atoms with Gasteiger partial charge >= 0.3 is 0 Å². The average Bonchev–Trinajstić information content (AvgIpc) is 2.61. The molecule has 0 saturated carbocycles. The normalized spacial score (nSPS) is 10.8. The van der Waals surface area contributed by atoms with Gasteiger partial charge in [-0.05, 0) is 24.5 Å². The highest BCUT2D eigenvalue weighted by Crippen LogP contribution is 2.10. The second-order valence-electron chi connectivity index (χ2n) is 3.22. The molecule has 68 valence electrons. The lowest BCUT2D eigenvalue weighted by Crippen LogP contribution is -1.86. The molecule has 0 aromatic carbocycles. The van der Waals surface area contributed by atoms with Crippen molar-refractivity contribution in [1.29, 1.82) is 0 Å². The van der Waals surface area contributed by atoms with E-state index in [0.29, 0.717) is 0 Å². The number of aromatic nitrogens is 3. The van der Waals surface area contributed by atoms with Crippen molar-refractivity contribution in [2.45, 2.75) is 26.2 Å². The molecule has 2 aromatic heterocycles. The minimum atomic E-state index is 0.806. The standard InChI is InChI=1S/C10H13N3/c1-2-3-4-8-5-9-10(11-6-8)13-7-12-9/h5-7H,2-4H2,1H3,(H,11,12,13). The molecule has 0 aliphatic rings. The summed E-state index contributed by atoms with van der Waals surface area (Å²) in [6.45, 7) is 2.20. The molecule has 0 atom stereocenters. The van der Waals surface area contributed by atoms with Gasteiger partial charge in [0.2, 0.25) is 0 Å². The minimum Gasteiger partial charge on any atom is -0.343 e. The predicted molar refractivity (Wildman–Crippen MR) is 52.5 cm³/mol. The van der Waals surface area contributed by atoms with Crippen molar-refractivity contribution in [3.63, 3.8) is 0 Å². The Hall–Kier alpha value is -1.38. The van der Waals surface area contributed by atoms with Crippen molar-refractivity contribution < 1.29 is 0 Å². The number of H-pyrrole nitrogens is 1. The number of hydrogen-bond acceptors (Lipinski definition) is 2. The van der Waals surface area contributed by atoms with E-state index in [2.05, 4.69) is 27.9 Å². The molecule has 3 nitrogen and oxygen atoms in total. The van der Waals surface area contributed by atoms with Crippen LogP contribution in [-0.4, -0.2) is 15.0 Å². The summed E-state index contributed by atoms with van der Waals surface area (Å²) in [6, 6.07) is 2.13. The first-order valence-electron chi connectivity index (χ1n) is 4.68. The summed E-state index contributed by atoms with van der Waals surface area (Å²) in [5.74, 6) is 0. The molecule has 0 aliphatic carbocycles. The monoisotopic (exact) mass is 175 g/mol. The minimum absolute atomic E-state index is 0.806. The maximum Gasteiger partial charge on any atom is 0.177 e. The van der Waals surface area contributed by atoms with E-state index in [1.807, 2.05) is 6.20 Å². The van der Waals surface area contributed by atoms with E-state index in [1.165, 1.54) is 18.4 Å². The van der Waals surface area contributed by atoms with E-state index in [1.54, 1.807) is 6.33 Å². The smallest absolute Gasteiger partial charge is 0.177 e. The van der Waals surface area contributed by atoms with Crippen LogP contribution in [0.1, 0.15) is 25.3 Å². The lowest BCUT2D eigenvalue weighted by Gasteiger charge is -1.97. The second kappa shape index (κ2) is 3.56. The van der Waals surface area contributed by atoms with E-state index in [4.69, 9.17) is 0 Å². The van der Waals surface area contributed by atoms with Crippen LogP contribution in [0.5, 0.6) is 0 Å². The zero-order valence-electron chi connectivity index (χ0n) is 7.75. The van der Waals surface area contributed by atoms with E-state index in [0.717, 1.165) is 17.6 Å². The number of nitrogens with zero attached hydrogens (tertiary/aromatic N) is 2. The Kier molecular flexibility index (Phi) is 2.25. The van der Waals surface area contributed by atoms with E-state index in [-0.39, 0.29) is 0 Å². The van der Waals surface area contributed by atoms with Crippen molar-refractivity contribution in [3.05, 3.63) is 24.2 Å². The number of fused-ring (bicyclic) bond motifs is 1. The number of pyridine rings is 1. The largest absolute Gasteiger partial charge is 0.343 e. The van der Waals surface area contributed by atoms with Crippen molar-refractivity contribution in [3.8, 4) is 0 Å². The van der Waals surface area contributed by atoms with Crippen molar-refractivity contribution >= 4 is 11.2 Å². The molecule has 0 bridgehead atoms. The second-order valence-corrected chi connectivity index (χ2v) is 3.22. The van der Waals surface area contributed by atoms with Gasteiger partial charge in [-0.3, -0.25) is 0 Å². The van der Waals surface area contributed by atoms with Gasteiger partial charge in [-0.15, -0.1) is 0 Å². The number of nitrogens with one attached hydrogen (secondary N) is 1. The van der Waals surface area contributed by atoms with Crippen LogP contribution >= 0.6 is 0 Å². The highest BCUT2D eigenvalue weighted by molar-refractivity contribution is 5.70. The van der Waals surface area contributed by atoms with Crippen LogP contribution in [0.15, 0.2) is 18.6 Å². The molecule has 2 rings (SSSR count). The van der Waals surface area contributed by atoms with Crippen molar-refractivity contribution in [1.82, 2.24) is 15.0 Å². The summed E-state index contributed by atoms with van der Waals surface area (Å²) >= 11 is 0. The van der Waals surface area contributed by atoms with Crippen LogP contribution in [0.2, 0.25) is 0 Å². The maximum absolute atomic E-state index is 4.25. The van der Waals surface area contributed by atoms with Gasteiger partial charge in [-0.25, -0.2) is 9.97 Å². The van der Waals surface area contributed by atoms with Crippen LogP contribution < -0.4 is 0 Å². The van der Waals surface area contributed by atoms with Gasteiger partial charge in [-0.1, -0.05) is 13.3 Å². The first kappa shape index (κ1) is 8.23. The Bertz CT molecular complexity index is 392. The average molecular weight is 175 g/mol. The fourth-order valence-electron chi connectivity index (χ4n) is 1.39. The molecule has 13 heavy (non-hydrogen) atoms. The molecular weight excluding hydrogens is 162 g/mol. The number of hydrogen-bond donors (Lipinski definition) is 1. The quantitative estimate of drug-likeness (QED) is 0.777. The molecule has 2 aromatic rings. The van der Waals surface area contributed by atoms with Crippen LogP contribution in [-0.2, 0) is 6.42 Å². The predicted octanol–water partition coefficient (Wildman–Crippen LogP) is 2.30. The fraction of sp³-hybridized carbons (Fsp3) is 0.400. The molecule has 0 unspecified atom stereocenters. The molecule has 0 amide bonds. The Labute approximate surface area is 77.2 Å². The number of imidazole rings is 1. The Morgan fingerprint density at radius 1 is 1.38 bits per heavy atom. The first-order valence-corrected chi connectivity index (χ1v) is 4.68. The zero-order valence-corrected chi connectivity index (χ0v) is 7.75. The summed E-state index contributed by atoms with van der Waals surface area (Å²) in [4.78, 5) is 11.4. The van der Waals surface area contributed by atoms with Gasteiger partial charge in [0.05, 0.1) is 11.8 Å². The molecule has 0 spiro atoms. The Morgan fingerprint density at radius 3 is 3.15 bits per heavy atom. The first-order chi connectivity index (χ1) is 6.40. The third-order valence-electron chi connectivity index (χ3n) is 2.15. The third-order valence-corrected chi connectivity index (χ3v) is 2.15. The molecular formula is C10H13N3. The number of rotatable bonds is 3. The van der Waals surface area contributed by atoms with Crippen LogP contribution in [0.4, 0.5) is 0 Å². The van der Waals surface area contributed by atoms with Gasteiger partial charge < -0.3 is 4.98 Å². The van der Waals surface area contributed by atoms with Gasteiger partial charge in [0.15, 0.2) is 5.65 Å². The molecule has 0 saturated heterocycles. The molecule has 1 N–H and O–H groups in total. The highest BCUT2D eigenvalue weighted by atomic mass is 14.9. The summed E-state index contributed by atoms with van der Waals surface area (Å²) < 4.78 is 0. The molecule has 0 radical (unpaired) electrons.